The fourth-order valence-electron chi connectivity index (χ4n) is 2.62. The first kappa shape index (κ1) is 18.2. The van der Waals surface area contributed by atoms with E-state index in [2.05, 4.69) is 25.7 Å². The molecule has 8 nitrogen and oxygen atoms in total. The highest BCUT2D eigenvalue weighted by molar-refractivity contribution is 6.05. The number of nitrogens with one attached hydrogen (secondary N) is 2. The minimum atomic E-state index is -0.296. The largest absolute Gasteiger partial charge is 0.348 e. The standard InChI is InChI=1S/C19H20N6O2/c1-12-4-6-20-9-15(12)18(26)22-8-14-11-25(3)24-17(14)23-19(27)16-10-21-7-5-13(16)2/h4-7,9-11H,8H2,1-3H3,(H,22,26)(H,23,24,27). The van der Waals surface area contributed by atoms with Gasteiger partial charge in [-0.3, -0.25) is 24.2 Å². The number of hydrogen-bond donors (Lipinski definition) is 2. The van der Waals surface area contributed by atoms with Gasteiger partial charge in [-0.05, 0) is 37.1 Å². The van der Waals surface area contributed by atoms with E-state index < -0.39 is 0 Å². The maximum Gasteiger partial charge on any atom is 0.258 e. The number of carbonyl (C=O) groups is 2. The van der Waals surface area contributed by atoms with Gasteiger partial charge in [0.2, 0.25) is 0 Å². The van der Waals surface area contributed by atoms with Gasteiger partial charge >= 0.3 is 0 Å². The van der Waals surface area contributed by atoms with Gasteiger partial charge in [-0.15, -0.1) is 0 Å². The summed E-state index contributed by atoms with van der Waals surface area (Å²) >= 11 is 0. The van der Waals surface area contributed by atoms with Crippen LogP contribution in [0.25, 0.3) is 0 Å². The molecule has 0 aliphatic rings. The van der Waals surface area contributed by atoms with Gasteiger partial charge in [0.05, 0.1) is 11.1 Å². The Hall–Kier alpha value is -3.55. The Balaban J connectivity index is 1.73. The van der Waals surface area contributed by atoms with Crippen LogP contribution in [-0.4, -0.2) is 31.6 Å². The summed E-state index contributed by atoms with van der Waals surface area (Å²) in [7, 11) is 1.75. The number of anilines is 1. The summed E-state index contributed by atoms with van der Waals surface area (Å²) in [6.07, 6.45) is 8.07. The van der Waals surface area contributed by atoms with Crippen molar-refractivity contribution in [1.29, 1.82) is 0 Å². The lowest BCUT2D eigenvalue weighted by molar-refractivity contribution is 0.0949. The van der Waals surface area contributed by atoms with E-state index in [4.69, 9.17) is 0 Å². The molecule has 2 amide bonds. The van der Waals surface area contributed by atoms with Crippen LogP contribution in [0.15, 0.2) is 43.1 Å². The number of amides is 2. The number of aryl methyl sites for hydroxylation is 3. The first-order chi connectivity index (χ1) is 13.0. The monoisotopic (exact) mass is 364 g/mol. The van der Waals surface area contributed by atoms with Crippen molar-refractivity contribution in [2.75, 3.05) is 5.32 Å². The number of rotatable bonds is 5. The van der Waals surface area contributed by atoms with Crippen molar-refractivity contribution in [1.82, 2.24) is 25.1 Å². The third-order valence-corrected chi connectivity index (χ3v) is 4.14. The first-order valence-electron chi connectivity index (χ1n) is 8.39. The predicted molar refractivity (Wildman–Crippen MR) is 100 cm³/mol. The normalized spacial score (nSPS) is 10.5. The molecule has 3 aromatic heterocycles. The molecule has 8 heteroatoms. The zero-order valence-corrected chi connectivity index (χ0v) is 15.4. The van der Waals surface area contributed by atoms with Crippen LogP contribution in [0.1, 0.15) is 37.4 Å². The lowest BCUT2D eigenvalue weighted by Crippen LogP contribution is -2.24. The van der Waals surface area contributed by atoms with Gasteiger partial charge in [0.1, 0.15) is 0 Å². The number of pyridine rings is 2. The van der Waals surface area contributed by atoms with Crippen LogP contribution in [-0.2, 0) is 13.6 Å². The van der Waals surface area contributed by atoms with E-state index in [1.165, 1.54) is 12.4 Å². The quantitative estimate of drug-likeness (QED) is 0.721. The number of carbonyl (C=O) groups excluding carboxylic acids is 2. The first-order valence-corrected chi connectivity index (χ1v) is 8.39. The predicted octanol–water partition coefficient (Wildman–Crippen LogP) is 2.01. The molecule has 0 saturated heterocycles. The molecule has 0 bridgehead atoms. The van der Waals surface area contributed by atoms with E-state index in [1.54, 1.807) is 42.5 Å². The van der Waals surface area contributed by atoms with Crippen LogP contribution in [0.4, 0.5) is 5.82 Å². The van der Waals surface area contributed by atoms with Gasteiger partial charge < -0.3 is 10.6 Å². The molecule has 0 aliphatic carbocycles. The SMILES string of the molecule is Cc1ccncc1C(=O)NCc1cn(C)nc1NC(=O)c1cnccc1C. The average molecular weight is 364 g/mol. The van der Waals surface area contributed by atoms with Crippen LogP contribution in [0, 0.1) is 13.8 Å². The molecule has 2 N–H and O–H groups in total. The van der Waals surface area contributed by atoms with E-state index in [-0.39, 0.29) is 18.4 Å². The summed E-state index contributed by atoms with van der Waals surface area (Å²) in [5, 5.41) is 9.90. The van der Waals surface area contributed by atoms with E-state index in [0.29, 0.717) is 22.5 Å². The summed E-state index contributed by atoms with van der Waals surface area (Å²) < 4.78 is 1.59. The van der Waals surface area contributed by atoms with E-state index in [0.717, 1.165) is 11.1 Å². The highest BCUT2D eigenvalue weighted by Crippen LogP contribution is 2.15. The Morgan fingerprint density at radius 2 is 1.59 bits per heavy atom. The molecule has 0 fully saturated rings. The van der Waals surface area contributed by atoms with Gasteiger partial charge in [0.15, 0.2) is 5.82 Å². The van der Waals surface area contributed by atoms with E-state index >= 15 is 0 Å². The van der Waals surface area contributed by atoms with Crippen molar-refractivity contribution < 1.29 is 9.59 Å². The number of aromatic nitrogens is 4. The fraction of sp³-hybridized carbons (Fsp3) is 0.211. The second kappa shape index (κ2) is 7.77. The van der Waals surface area contributed by atoms with Gasteiger partial charge in [0.25, 0.3) is 11.8 Å². The molecule has 0 saturated carbocycles. The Kier molecular flexibility index (Phi) is 5.25. The minimum Gasteiger partial charge on any atom is -0.348 e. The maximum atomic E-state index is 12.5. The Labute approximate surface area is 156 Å². The zero-order chi connectivity index (χ0) is 19.4. The zero-order valence-electron chi connectivity index (χ0n) is 15.4. The highest BCUT2D eigenvalue weighted by atomic mass is 16.2. The Bertz CT molecular complexity index is 995. The van der Waals surface area contributed by atoms with Crippen molar-refractivity contribution in [2.45, 2.75) is 20.4 Å². The topological polar surface area (TPSA) is 102 Å². The smallest absolute Gasteiger partial charge is 0.258 e. The van der Waals surface area contributed by atoms with Gasteiger partial charge in [-0.2, -0.15) is 5.10 Å². The van der Waals surface area contributed by atoms with Crippen LogP contribution in [0.5, 0.6) is 0 Å². The molecule has 0 radical (unpaired) electrons. The van der Waals surface area contributed by atoms with Gasteiger partial charge in [0, 0.05) is 50.1 Å². The molecule has 3 aromatic rings. The molecule has 0 unspecified atom stereocenters. The summed E-state index contributed by atoms with van der Waals surface area (Å²) in [6.45, 7) is 3.91. The summed E-state index contributed by atoms with van der Waals surface area (Å²) in [6, 6.07) is 3.55. The highest BCUT2D eigenvalue weighted by Gasteiger charge is 2.16. The molecular formula is C19H20N6O2. The van der Waals surface area contributed by atoms with E-state index in [9.17, 15) is 9.59 Å². The average Bonchev–Trinajstić information content (AvgIpc) is 2.99. The van der Waals surface area contributed by atoms with Crippen molar-refractivity contribution in [3.63, 3.8) is 0 Å². The second-order valence-corrected chi connectivity index (χ2v) is 6.19. The molecule has 0 aliphatic heterocycles. The molecule has 0 aromatic carbocycles. The third-order valence-electron chi connectivity index (χ3n) is 4.14. The Morgan fingerprint density at radius 3 is 2.19 bits per heavy atom. The van der Waals surface area contributed by atoms with Crippen molar-refractivity contribution >= 4 is 17.6 Å². The summed E-state index contributed by atoms with van der Waals surface area (Å²) in [5.41, 5.74) is 3.35. The number of hydrogen-bond acceptors (Lipinski definition) is 5. The lowest BCUT2D eigenvalue weighted by Gasteiger charge is -2.09. The minimum absolute atomic E-state index is 0.225. The summed E-state index contributed by atoms with van der Waals surface area (Å²) in [4.78, 5) is 32.8. The second-order valence-electron chi connectivity index (χ2n) is 6.19. The third kappa shape index (κ3) is 4.17. The fourth-order valence-corrected chi connectivity index (χ4v) is 2.62. The Morgan fingerprint density at radius 1 is 1.00 bits per heavy atom. The summed E-state index contributed by atoms with van der Waals surface area (Å²) in [5.74, 6) is -0.131. The van der Waals surface area contributed by atoms with Gasteiger partial charge in [-0.25, -0.2) is 0 Å². The molecule has 0 spiro atoms. The van der Waals surface area contributed by atoms with E-state index in [1.807, 2.05) is 13.8 Å². The van der Waals surface area contributed by atoms with Crippen LogP contribution < -0.4 is 10.6 Å². The molecule has 3 rings (SSSR count). The maximum absolute atomic E-state index is 12.5. The van der Waals surface area contributed by atoms with Crippen molar-refractivity contribution in [3.05, 3.63) is 70.9 Å². The molecular weight excluding hydrogens is 344 g/mol. The number of nitrogens with zero attached hydrogens (tertiary/aromatic N) is 4. The van der Waals surface area contributed by atoms with Crippen molar-refractivity contribution in [3.8, 4) is 0 Å². The molecule has 3 heterocycles. The van der Waals surface area contributed by atoms with Crippen LogP contribution >= 0.6 is 0 Å². The van der Waals surface area contributed by atoms with Gasteiger partial charge in [-0.1, -0.05) is 0 Å². The molecule has 0 atom stereocenters. The van der Waals surface area contributed by atoms with Crippen LogP contribution in [0.3, 0.4) is 0 Å². The van der Waals surface area contributed by atoms with Crippen molar-refractivity contribution in [2.24, 2.45) is 7.05 Å². The van der Waals surface area contributed by atoms with Crippen LogP contribution in [0.2, 0.25) is 0 Å². The lowest BCUT2D eigenvalue weighted by atomic mass is 10.1. The molecule has 138 valence electrons. The molecule has 27 heavy (non-hydrogen) atoms.